The number of hydrogen-bond acceptors (Lipinski definition) is 1. The molecule has 1 aliphatic rings. The molecule has 0 spiro atoms. The fraction of sp³-hybridized carbons (Fsp3) is 0.120. The third kappa shape index (κ3) is 2.44. The second-order valence-electron chi connectivity index (χ2n) is 7.04. The van der Waals surface area contributed by atoms with Gasteiger partial charge >= 0.3 is 0 Å². The summed E-state index contributed by atoms with van der Waals surface area (Å²) >= 11 is 0. The number of aryl methyl sites for hydroxylation is 2. The average Bonchev–Trinajstić information content (AvgIpc) is 3.14. The summed E-state index contributed by atoms with van der Waals surface area (Å²) in [5, 5.41) is 13.6. The summed E-state index contributed by atoms with van der Waals surface area (Å²) in [5.74, 6) is 0. The van der Waals surface area contributed by atoms with Crippen molar-refractivity contribution in [2.24, 2.45) is 0 Å². The van der Waals surface area contributed by atoms with Gasteiger partial charge in [0.2, 0.25) is 0 Å². The molecule has 1 atom stereocenters. The van der Waals surface area contributed by atoms with Gasteiger partial charge in [0.05, 0.1) is 0 Å². The van der Waals surface area contributed by atoms with Crippen molar-refractivity contribution in [3.05, 3.63) is 107 Å². The topological polar surface area (TPSA) is 20.2 Å². The first-order valence-electron chi connectivity index (χ1n) is 9.18. The summed E-state index contributed by atoms with van der Waals surface area (Å²) in [6.45, 7) is 0. The highest BCUT2D eigenvalue weighted by Crippen LogP contribution is 2.36. The molecule has 1 N–H and O–H groups in total. The summed E-state index contributed by atoms with van der Waals surface area (Å²) in [4.78, 5) is 0. The van der Waals surface area contributed by atoms with E-state index in [9.17, 15) is 5.11 Å². The number of aliphatic hydroxyl groups is 1. The Kier molecular flexibility index (Phi) is 3.62. The van der Waals surface area contributed by atoms with Gasteiger partial charge in [0.25, 0.3) is 0 Å². The molecule has 0 radical (unpaired) electrons. The zero-order valence-electron chi connectivity index (χ0n) is 14.5. The van der Waals surface area contributed by atoms with Crippen molar-refractivity contribution in [2.45, 2.75) is 18.9 Å². The van der Waals surface area contributed by atoms with Gasteiger partial charge in [-0.3, -0.25) is 0 Å². The van der Waals surface area contributed by atoms with Crippen LogP contribution >= 0.6 is 0 Å². The van der Waals surface area contributed by atoms with E-state index in [4.69, 9.17) is 0 Å². The summed E-state index contributed by atoms with van der Waals surface area (Å²) in [7, 11) is 0. The second kappa shape index (κ2) is 6.12. The number of hydrogen-bond donors (Lipinski definition) is 1. The van der Waals surface area contributed by atoms with Crippen LogP contribution in [0.3, 0.4) is 0 Å². The Labute approximate surface area is 153 Å². The zero-order valence-corrected chi connectivity index (χ0v) is 14.5. The van der Waals surface area contributed by atoms with Crippen LogP contribution < -0.4 is 0 Å². The Morgan fingerprint density at radius 1 is 0.615 bits per heavy atom. The first kappa shape index (κ1) is 15.4. The lowest BCUT2D eigenvalue weighted by molar-refractivity contribution is 0.222. The molecule has 0 fully saturated rings. The SMILES string of the molecule is OC(c1ccc(-c2ccccc2)cc1)c1ccc2c3c(cccc13)CC2. The van der Waals surface area contributed by atoms with E-state index in [2.05, 4.69) is 54.6 Å². The molecule has 4 aromatic carbocycles. The van der Waals surface area contributed by atoms with Crippen LogP contribution in [-0.4, -0.2) is 5.11 Å². The lowest BCUT2D eigenvalue weighted by atomic mass is 9.93. The molecule has 1 nitrogen and oxygen atoms in total. The third-order valence-electron chi connectivity index (χ3n) is 5.54. The molecule has 4 aromatic rings. The van der Waals surface area contributed by atoms with Gasteiger partial charge in [-0.1, -0.05) is 84.9 Å². The van der Waals surface area contributed by atoms with Crippen LogP contribution in [0, 0.1) is 0 Å². The molecule has 5 rings (SSSR count). The molecule has 26 heavy (non-hydrogen) atoms. The first-order chi connectivity index (χ1) is 12.8. The minimum atomic E-state index is -0.607. The van der Waals surface area contributed by atoms with Crippen LogP contribution in [-0.2, 0) is 12.8 Å². The molecular weight excluding hydrogens is 316 g/mol. The van der Waals surface area contributed by atoms with Gasteiger partial charge in [-0.2, -0.15) is 0 Å². The van der Waals surface area contributed by atoms with Gasteiger partial charge in [-0.05, 0) is 57.0 Å². The van der Waals surface area contributed by atoms with Crippen molar-refractivity contribution in [1.82, 2.24) is 0 Å². The van der Waals surface area contributed by atoms with Gasteiger partial charge in [-0.15, -0.1) is 0 Å². The molecule has 1 aliphatic carbocycles. The molecular formula is C25H20O. The van der Waals surface area contributed by atoms with E-state index in [1.165, 1.54) is 33.0 Å². The lowest BCUT2D eigenvalue weighted by Gasteiger charge is -2.16. The van der Waals surface area contributed by atoms with E-state index in [0.29, 0.717) is 0 Å². The maximum atomic E-state index is 11.1. The molecule has 0 saturated carbocycles. The highest BCUT2D eigenvalue weighted by atomic mass is 16.3. The normalized spacial score (nSPS) is 13.9. The average molecular weight is 336 g/mol. The highest BCUT2D eigenvalue weighted by molar-refractivity contribution is 5.93. The Morgan fingerprint density at radius 3 is 2.08 bits per heavy atom. The van der Waals surface area contributed by atoms with Crippen molar-refractivity contribution in [1.29, 1.82) is 0 Å². The number of aliphatic hydroxyl groups excluding tert-OH is 1. The Bertz CT molecular complexity index is 1070. The van der Waals surface area contributed by atoms with Crippen LogP contribution in [0.15, 0.2) is 84.9 Å². The lowest BCUT2D eigenvalue weighted by Crippen LogP contribution is -2.01. The number of rotatable bonds is 3. The largest absolute Gasteiger partial charge is 0.384 e. The van der Waals surface area contributed by atoms with Crippen LogP contribution in [0.5, 0.6) is 0 Å². The minimum Gasteiger partial charge on any atom is -0.384 e. The summed E-state index contributed by atoms with van der Waals surface area (Å²) in [6, 6.07) is 29.3. The van der Waals surface area contributed by atoms with Crippen LogP contribution in [0.2, 0.25) is 0 Å². The molecule has 1 unspecified atom stereocenters. The van der Waals surface area contributed by atoms with E-state index < -0.39 is 6.10 Å². The van der Waals surface area contributed by atoms with Gasteiger partial charge < -0.3 is 5.11 Å². The molecule has 0 aromatic heterocycles. The molecule has 1 heteroatoms. The predicted molar refractivity (Wildman–Crippen MR) is 107 cm³/mol. The van der Waals surface area contributed by atoms with Gasteiger partial charge in [0, 0.05) is 0 Å². The van der Waals surface area contributed by atoms with E-state index in [-0.39, 0.29) is 0 Å². The highest BCUT2D eigenvalue weighted by Gasteiger charge is 2.19. The van der Waals surface area contributed by atoms with E-state index in [1.54, 1.807) is 0 Å². The Balaban J connectivity index is 1.55. The van der Waals surface area contributed by atoms with Crippen molar-refractivity contribution >= 4 is 10.8 Å². The van der Waals surface area contributed by atoms with E-state index in [1.807, 2.05) is 30.3 Å². The van der Waals surface area contributed by atoms with Crippen LogP contribution in [0.1, 0.15) is 28.4 Å². The first-order valence-corrected chi connectivity index (χ1v) is 9.18. The molecule has 0 amide bonds. The summed E-state index contributed by atoms with van der Waals surface area (Å²) in [5.41, 5.74) is 7.11. The summed E-state index contributed by atoms with van der Waals surface area (Å²) in [6.07, 6.45) is 1.61. The smallest absolute Gasteiger partial charge is 0.105 e. The van der Waals surface area contributed by atoms with Crippen molar-refractivity contribution in [3.63, 3.8) is 0 Å². The quantitative estimate of drug-likeness (QED) is 0.510. The molecule has 0 heterocycles. The molecule has 0 bridgehead atoms. The fourth-order valence-electron chi connectivity index (χ4n) is 4.18. The van der Waals surface area contributed by atoms with Crippen LogP contribution in [0.4, 0.5) is 0 Å². The van der Waals surface area contributed by atoms with Gasteiger partial charge in [-0.25, -0.2) is 0 Å². The molecule has 0 aliphatic heterocycles. The summed E-state index contributed by atoms with van der Waals surface area (Å²) < 4.78 is 0. The monoisotopic (exact) mass is 336 g/mol. The Hall–Kier alpha value is -2.90. The predicted octanol–water partition coefficient (Wildman–Crippen LogP) is 5.69. The standard InChI is InChI=1S/C25H20O/c26-25(21-13-9-18(10-14-21)17-5-2-1-3-6-17)23-16-15-20-12-11-19-7-4-8-22(23)24(19)20/h1-10,13-16,25-26H,11-12H2. The zero-order chi connectivity index (χ0) is 17.5. The van der Waals surface area contributed by atoms with Crippen molar-refractivity contribution in [3.8, 4) is 11.1 Å². The van der Waals surface area contributed by atoms with Crippen LogP contribution in [0.25, 0.3) is 21.9 Å². The third-order valence-corrected chi connectivity index (χ3v) is 5.54. The fourth-order valence-corrected chi connectivity index (χ4v) is 4.18. The van der Waals surface area contributed by atoms with E-state index in [0.717, 1.165) is 24.0 Å². The van der Waals surface area contributed by atoms with Gasteiger partial charge in [0.1, 0.15) is 6.10 Å². The van der Waals surface area contributed by atoms with E-state index >= 15 is 0 Å². The molecule has 0 saturated heterocycles. The minimum absolute atomic E-state index is 0.607. The number of benzene rings is 4. The van der Waals surface area contributed by atoms with Crippen molar-refractivity contribution < 1.29 is 5.11 Å². The van der Waals surface area contributed by atoms with Crippen molar-refractivity contribution in [2.75, 3.05) is 0 Å². The Morgan fingerprint density at radius 2 is 1.31 bits per heavy atom. The molecule has 126 valence electrons. The van der Waals surface area contributed by atoms with Gasteiger partial charge in [0.15, 0.2) is 0 Å². The maximum absolute atomic E-state index is 11.1. The maximum Gasteiger partial charge on any atom is 0.105 e. The second-order valence-corrected chi connectivity index (χ2v) is 7.04.